The summed E-state index contributed by atoms with van der Waals surface area (Å²) < 4.78 is 5.69. The van der Waals surface area contributed by atoms with Gasteiger partial charge in [0.15, 0.2) is 0 Å². The number of anilines is 1. The van der Waals surface area contributed by atoms with Gasteiger partial charge in [0.05, 0.1) is 6.54 Å². The third-order valence-electron chi connectivity index (χ3n) is 2.43. The molecule has 0 unspecified atom stereocenters. The summed E-state index contributed by atoms with van der Waals surface area (Å²) in [6.45, 7) is 0.282. The van der Waals surface area contributed by atoms with E-state index in [9.17, 15) is 4.79 Å². The Labute approximate surface area is 112 Å². The second kappa shape index (κ2) is 6.56. The van der Waals surface area contributed by atoms with Gasteiger partial charge in [-0.05, 0) is 31.3 Å². The van der Waals surface area contributed by atoms with Crippen molar-refractivity contribution >= 4 is 11.6 Å². The Kier molecular flexibility index (Phi) is 4.53. The first-order valence-corrected chi connectivity index (χ1v) is 6.05. The molecule has 0 aliphatic rings. The summed E-state index contributed by atoms with van der Waals surface area (Å²) in [4.78, 5) is 11.5. The van der Waals surface area contributed by atoms with Crippen LogP contribution in [0, 0.1) is 0 Å². The third kappa shape index (κ3) is 4.12. The minimum Gasteiger partial charge on any atom is -0.457 e. The fourth-order valence-electron chi connectivity index (χ4n) is 1.63. The highest BCUT2D eigenvalue weighted by Gasteiger charge is 2.02. The molecule has 0 saturated carbocycles. The monoisotopic (exact) mass is 256 g/mol. The molecule has 1 amide bonds. The molecular weight excluding hydrogens is 240 g/mol. The normalized spacial score (nSPS) is 9.95. The number of nitrogens with one attached hydrogen (secondary N) is 2. The summed E-state index contributed by atoms with van der Waals surface area (Å²) in [5, 5.41) is 5.59. The standard InChI is InChI=1S/C15H16N2O2/c1-16-11-15(18)17-12-6-5-9-14(10-12)19-13-7-3-2-4-8-13/h2-10,16H,11H2,1H3,(H,17,18). The molecule has 2 N–H and O–H groups in total. The average molecular weight is 256 g/mol. The van der Waals surface area contributed by atoms with Gasteiger partial charge in [0.1, 0.15) is 11.5 Å². The van der Waals surface area contributed by atoms with Crippen molar-refractivity contribution in [2.24, 2.45) is 0 Å². The Morgan fingerprint density at radius 2 is 1.79 bits per heavy atom. The van der Waals surface area contributed by atoms with Crippen LogP contribution in [0.5, 0.6) is 11.5 Å². The molecule has 2 aromatic carbocycles. The molecule has 0 spiro atoms. The highest BCUT2D eigenvalue weighted by molar-refractivity contribution is 5.92. The van der Waals surface area contributed by atoms with Gasteiger partial charge in [0.2, 0.25) is 5.91 Å². The molecule has 0 aromatic heterocycles. The highest BCUT2D eigenvalue weighted by Crippen LogP contribution is 2.23. The van der Waals surface area contributed by atoms with Crippen LogP contribution in [-0.4, -0.2) is 19.5 Å². The summed E-state index contributed by atoms with van der Waals surface area (Å²) in [5.74, 6) is 1.37. The fourth-order valence-corrected chi connectivity index (χ4v) is 1.63. The lowest BCUT2D eigenvalue weighted by Gasteiger charge is -2.08. The zero-order valence-corrected chi connectivity index (χ0v) is 10.7. The number of hydrogen-bond acceptors (Lipinski definition) is 3. The zero-order valence-electron chi connectivity index (χ0n) is 10.7. The number of hydrogen-bond donors (Lipinski definition) is 2. The molecule has 2 aromatic rings. The average Bonchev–Trinajstić information content (AvgIpc) is 2.40. The second-order valence-electron chi connectivity index (χ2n) is 4.02. The Balaban J connectivity index is 2.05. The van der Waals surface area contributed by atoms with Gasteiger partial charge in [-0.1, -0.05) is 24.3 Å². The fraction of sp³-hybridized carbons (Fsp3) is 0.133. The number of carbonyl (C=O) groups excluding carboxylic acids is 1. The lowest BCUT2D eigenvalue weighted by molar-refractivity contribution is -0.115. The van der Waals surface area contributed by atoms with Crippen LogP contribution in [0.25, 0.3) is 0 Å². The van der Waals surface area contributed by atoms with Crippen LogP contribution in [-0.2, 0) is 4.79 Å². The summed E-state index contributed by atoms with van der Waals surface area (Å²) in [5.41, 5.74) is 0.716. The molecule has 0 radical (unpaired) electrons. The molecule has 0 aliphatic heterocycles. The van der Waals surface area contributed by atoms with Gasteiger partial charge < -0.3 is 15.4 Å². The van der Waals surface area contributed by atoms with Crippen LogP contribution in [0.2, 0.25) is 0 Å². The minimum absolute atomic E-state index is 0.0839. The minimum atomic E-state index is -0.0839. The largest absolute Gasteiger partial charge is 0.457 e. The Bertz CT molecular complexity index is 541. The Hall–Kier alpha value is -2.33. The second-order valence-corrected chi connectivity index (χ2v) is 4.02. The van der Waals surface area contributed by atoms with Crippen molar-refractivity contribution in [2.45, 2.75) is 0 Å². The molecule has 98 valence electrons. The number of amides is 1. The first-order valence-electron chi connectivity index (χ1n) is 6.05. The van der Waals surface area contributed by atoms with Gasteiger partial charge in [-0.3, -0.25) is 4.79 Å². The van der Waals surface area contributed by atoms with Gasteiger partial charge in [-0.15, -0.1) is 0 Å². The number of ether oxygens (including phenoxy) is 1. The summed E-state index contributed by atoms with van der Waals surface area (Å²) in [6.07, 6.45) is 0. The van der Waals surface area contributed by atoms with Gasteiger partial charge in [0.25, 0.3) is 0 Å². The molecule has 0 bridgehead atoms. The molecule has 4 nitrogen and oxygen atoms in total. The first kappa shape index (κ1) is 13.1. The van der Waals surface area contributed by atoms with Crippen LogP contribution in [0.15, 0.2) is 54.6 Å². The smallest absolute Gasteiger partial charge is 0.238 e. The number of benzene rings is 2. The predicted molar refractivity (Wildman–Crippen MR) is 75.5 cm³/mol. The molecule has 19 heavy (non-hydrogen) atoms. The lowest BCUT2D eigenvalue weighted by Crippen LogP contribution is -2.24. The van der Waals surface area contributed by atoms with Crippen LogP contribution < -0.4 is 15.4 Å². The van der Waals surface area contributed by atoms with Crippen molar-refractivity contribution in [3.63, 3.8) is 0 Å². The van der Waals surface area contributed by atoms with E-state index >= 15 is 0 Å². The van der Waals surface area contributed by atoms with E-state index in [-0.39, 0.29) is 12.5 Å². The van der Waals surface area contributed by atoms with Gasteiger partial charge in [-0.25, -0.2) is 0 Å². The van der Waals surface area contributed by atoms with E-state index in [0.717, 1.165) is 5.75 Å². The maximum atomic E-state index is 11.5. The van der Waals surface area contributed by atoms with Crippen molar-refractivity contribution in [3.05, 3.63) is 54.6 Å². The molecule has 0 aliphatic carbocycles. The number of para-hydroxylation sites is 1. The SMILES string of the molecule is CNCC(=O)Nc1cccc(Oc2ccccc2)c1. The third-order valence-corrected chi connectivity index (χ3v) is 2.43. The van der Waals surface area contributed by atoms with Crippen molar-refractivity contribution in [3.8, 4) is 11.5 Å². The summed E-state index contributed by atoms with van der Waals surface area (Å²) >= 11 is 0. The van der Waals surface area contributed by atoms with Crippen molar-refractivity contribution < 1.29 is 9.53 Å². The predicted octanol–water partition coefficient (Wildman–Crippen LogP) is 2.64. The molecule has 0 atom stereocenters. The summed E-state index contributed by atoms with van der Waals surface area (Å²) in [6, 6.07) is 16.8. The topological polar surface area (TPSA) is 50.4 Å². The lowest BCUT2D eigenvalue weighted by atomic mass is 10.3. The maximum absolute atomic E-state index is 11.5. The van der Waals surface area contributed by atoms with E-state index in [2.05, 4.69) is 10.6 Å². The molecule has 0 saturated heterocycles. The molecule has 0 heterocycles. The van der Waals surface area contributed by atoms with Gasteiger partial charge in [-0.2, -0.15) is 0 Å². The zero-order chi connectivity index (χ0) is 13.5. The Morgan fingerprint density at radius 3 is 2.53 bits per heavy atom. The number of rotatable bonds is 5. The van der Waals surface area contributed by atoms with E-state index in [4.69, 9.17) is 4.74 Å². The molecular formula is C15H16N2O2. The van der Waals surface area contributed by atoms with Crippen LogP contribution >= 0.6 is 0 Å². The van der Waals surface area contributed by atoms with Gasteiger partial charge in [0, 0.05) is 11.8 Å². The van der Waals surface area contributed by atoms with Crippen LogP contribution in [0.1, 0.15) is 0 Å². The van der Waals surface area contributed by atoms with E-state index in [1.165, 1.54) is 0 Å². The van der Waals surface area contributed by atoms with Crippen molar-refractivity contribution in [1.29, 1.82) is 0 Å². The molecule has 2 rings (SSSR count). The van der Waals surface area contributed by atoms with E-state index in [1.54, 1.807) is 13.1 Å². The molecule has 4 heteroatoms. The van der Waals surface area contributed by atoms with Crippen LogP contribution in [0.4, 0.5) is 5.69 Å². The highest BCUT2D eigenvalue weighted by atomic mass is 16.5. The summed E-state index contributed by atoms with van der Waals surface area (Å²) in [7, 11) is 1.73. The number of carbonyl (C=O) groups is 1. The van der Waals surface area contributed by atoms with Crippen LogP contribution in [0.3, 0.4) is 0 Å². The van der Waals surface area contributed by atoms with Crippen molar-refractivity contribution in [1.82, 2.24) is 5.32 Å². The first-order chi connectivity index (χ1) is 9.28. The Morgan fingerprint density at radius 1 is 1.05 bits per heavy atom. The van der Waals surface area contributed by atoms with Gasteiger partial charge >= 0.3 is 0 Å². The van der Waals surface area contributed by atoms with E-state index < -0.39 is 0 Å². The van der Waals surface area contributed by atoms with E-state index in [0.29, 0.717) is 11.4 Å². The number of likely N-dealkylation sites (N-methyl/N-ethyl adjacent to an activating group) is 1. The van der Waals surface area contributed by atoms with Crippen molar-refractivity contribution in [2.75, 3.05) is 18.9 Å². The van der Waals surface area contributed by atoms with E-state index in [1.807, 2.05) is 48.5 Å². The maximum Gasteiger partial charge on any atom is 0.238 e. The molecule has 0 fully saturated rings. The quantitative estimate of drug-likeness (QED) is 0.864.